The molecule has 0 atom stereocenters. The van der Waals surface area contributed by atoms with E-state index >= 15 is 0 Å². The molecule has 3 aromatic rings. The van der Waals surface area contributed by atoms with Crippen LogP contribution in [0.3, 0.4) is 0 Å². The molecule has 0 radical (unpaired) electrons. The molecule has 0 aliphatic carbocycles. The molecule has 0 aliphatic heterocycles. The van der Waals surface area contributed by atoms with Gasteiger partial charge in [0.25, 0.3) is 0 Å². The van der Waals surface area contributed by atoms with E-state index < -0.39 is 0 Å². The number of imidazole rings is 1. The monoisotopic (exact) mass is 315 g/mol. The van der Waals surface area contributed by atoms with Gasteiger partial charge in [-0.25, -0.2) is 4.98 Å². The van der Waals surface area contributed by atoms with Crippen LogP contribution in [0.25, 0.3) is 16.2 Å². The number of aryl methyl sites for hydroxylation is 2. The van der Waals surface area contributed by atoms with Gasteiger partial charge in [-0.3, -0.25) is 4.40 Å². The van der Waals surface area contributed by atoms with Crippen molar-refractivity contribution in [2.75, 3.05) is 13.2 Å². The second kappa shape index (κ2) is 6.10. The average molecular weight is 315 g/mol. The Balaban J connectivity index is 2.28. The van der Waals surface area contributed by atoms with Crippen LogP contribution < -0.4 is 10.5 Å². The number of ether oxygens (including phenoxy) is 1. The second-order valence-electron chi connectivity index (χ2n) is 5.24. The highest BCUT2D eigenvalue weighted by Gasteiger charge is 2.20. The third kappa shape index (κ3) is 2.40. The summed E-state index contributed by atoms with van der Waals surface area (Å²) in [4.78, 5) is 6.97. The molecular formula is C17H21N3OS. The van der Waals surface area contributed by atoms with Crippen LogP contribution in [0.2, 0.25) is 0 Å². The van der Waals surface area contributed by atoms with Crippen LogP contribution in [-0.2, 0) is 6.42 Å². The zero-order valence-corrected chi connectivity index (χ0v) is 14.0. The maximum atomic E-state index is 5.82. The van der Waals surface area contributed by atoms with Crippen LogP contribution in [-0.4, -0.2) is 22.5 Å². The number of nitrogens with zero attached hydrogens (tertiary/aromatic N) is 2. The first-order valence-electron chi connectivity index (χ1n) is 7.57. The fourth-order valence-corrected chi connectivity index (χ4v) is 3.91. The highest BCUT2D eigenvalue weighted by Crippen LogP contribution is 2.38. The van der Waals surface area contributed by atoms with Gasteiger partial charge in [0.05, 0.1) is 18.0 Å². The minimum atomic E-state index is 0.621. The number of hydrogen-bond acceptors (Lipinski definition) is 4. The largest absolute Gasteiger partial charge is 0.493 e. The Bertz CT molecular complexity index is 804. The molecule has 1 aromatic carbocycles. The quantitative estimate of drug-likeness (QED) is 0.783. The maximum Gasteiger partial charge on any atom is 0.194 e. The normalized spacial score (nSPS) is 11.3. The third-order valence-electron chi connectivity index (χ3n) is 3.77. The molecule has 116 valence electrons. The highest BCUT2D eigenvalue weighted by atomic mass is 32.1. The Morgan fingerprint density at radius 2 is 2.05 bits per heavy atom. The van der Waals surface area contributed by atoms with Crippen LogP contribution >= 0.6 is 11.3 Å². The zero-order chi connectivity index (χ0) is 15.7. The molecule has 0 saturated carbocycles. The number of nitrogens with two attached hydrogens (primary N) is 1. The average Bonchev–Trinajstić information content (AvgIpc) is 2.96. The van der Waals surface area contributed by atoms with E-state index in [0.717, 1.165) is 28.4 Å². The van der Waals surface area contributed by atoms with E-state index in [1.807, 2.05) is 25.1 Å². The molecule has 0 unspecified atom stereocenters. The van der Waals surface area contributed by atoms with Crippen LogP contribution in [0.1, 0.15) is 23.2 Å². The molecule has 3 rings (SSSR count). The van der Waals surface area contributed by atoms with Gasteiger partial charge in [-0.2, -0.15) is 0 Å². The standard InChI is InChI=1S/C17H21N3OS/c1-4-21-15-8-6-5-7-13(15)16-12(3)22-17-19-11(2)14(9-10-18)20(16)17/h5-8H,4,9-10,18H2,1-3H3. The summed E-state index contributed by atoms with van der Waals surface area (Å²) in [6.07, 6.45) is 0.826. The molecule has 2 heterocycles. The van der Waals surface area contributed by atoms with Crippen molar-refractivity contribution >= 4 is 16.3 Å². The van der Waals surface area contributed by atoms with Gasteiger partial charge in [0.2, 0.25) is 0 Å². The minimum Gasteiger partial charge on any atom is -0.493 e. The summed E-state index contributed by atoms with van der Waals surface area (Å²) < 4.78 is 8.07. The summed E-state index contributed by atoms with van der Waals surface area (Å²) in [7, 11) is 0. The summed E-state index contributed by atoms with van der Waals surface area (Å²) >= 11 is 1.72. The summed E-state index contributed by atoms with van der Waals surface area (Å²) in [6, 6.07) is 8.19. The predicted molar refractivity (Wildman–Crippen MR) is 91.9 cm³/mol. The van der Waals surface area contributed by atoms with Gasteiger partial charge in [0, 0.05) is 22.6 Å². The van der Waals surface area contributed by atoms with Crippen molar-refractivity contribution < 1.29 is 4.74 Å². The topological polar surface area (TPSA) is 52.5 Å². The van der Waals surface area contributed by atoms with Crippen LogP contribution in [0.5, 0.6) is 5.75 Å². The van der Waals surface area contributed by atoms with Gasteiger partial charge in [-0.15, -0.1) is 11.3 Å². The number of hydrogen-bond donors (Lipinski definition) is 1. The Labute approximate surface area is 134 Å². The number of thiazole rings is 1. The van der Waals surface area contributed by atoms with E-state index in [1.165, 1.54) is 16.3 Å². The lowest BCUT2D eigenvalue weighted by Crippen LogP contribution is -2.07. The molecule has 0 saturated heterocycles. The maximum absolute atomic E-state index is 5.82. The Morgan fingerprint density at radius 1 is 1.27 bits per heavy atom. The molecule has 22 heavy (non-hydrogen) atoms. The van der Waals surface area contributed by atoms with Gasteiger partial charge in [-0.1, -0.05) is 12.1 Å². The third-order valence-corrected chi connectivity index (χ3v) is 4.72. The Morgan fingerprint density at radius 3 is 2.77 bits per heavy atom. The number of para-hydroxylation sites is 1. The van der Waals surface area contributed by atoms with E-state index in [1.54, 1.807) is 11.3 Å². The summed E-state index contributed by atoms with van der Waals surface area (Å²) in [6.45, 7) is 7.48. The SMILES string of the molecule is CCOc1ccccc1-c1c(C)sc2nc(C)c(CCN)n12. The van der Waals surface area contributed by atoms with Crippen LogP contribution in [0.4, 0.5) is 0 Å². The second-order valence-corrected chi connectivity index (χ2v) is 6.42. The van der Waals surface area contributed by atoms with Crippen molar-refractivity contribution in [2.45, 2.75) is 27.2 Å². The van der Waals surface area contributed by atoms with Crippen LogP contribution in [0.15, 0.2) is 24.3 Å². The molecule has 4 nitrogen and oxygen atoms in total. The van der Waals surface area contributed by atoms with Gasteiger partial charge < -0.3 is 10.5 Å². The smallest absolute Gasteiger partial charge is 0.194 e. The molecule has 0 amide bonds. The fourth-order valence-electron chi connectivity index (χ4n) is 2.86. The van der Waals surface area contributed by atoms with Crippen LogP contribution in [0, 0.1) is 13.8 Å². The van der Waals surface area contributed by atoms with E-state index in [0.29, 0.717) is 13.2 Å². The summed E-state index contributed by atoms with van der Waals surface area (Å²) in [5.41, 5.74) is 10.3. The molecule has 0 bridgehead atoms. The fraction of sp³-hybridized carbons (Fsp3) is 0.353. The molecular weight excluding hydrogens is 294 g/mol. The van der Waals surface area contributed by atoms with Gasteiger partial charge in [-0.05, 0) is 39.4 Å². The lowest BCUT2D eigenvalue weighted by atomic mass is 10.1. The highest BCUT2D eigenvalue weighted by molar-refractivity contribution is 7.17. The predicted octanol–water partition coefficient (Wildman–Crippen LogP) is 3.58. The lowest BCUT2D eigenvalue weighted by Gasteiger charge is -2.12. The van der Waals surface area contributed by atoms with Gasteiger partial charge >= 0.3 is 0 Å². The molecule has 5 heteroatoms. The van der Waals surface area contributed by atoms with E-state index in [4.69, 9.17) is 15.5 Å². The van der Waals surface area contributed by atoms with Crippen molar-refractivity contribution in [1.82, 2.24) is 9.38 Å². The van der Waals surface area contributed by atoms with Crippen molar-refractivity contribution in [2.24, 2.45) is 5.73 Å². The summed E-state index contributed by atoms with van der Waals surface area (Å²) in [5, 5.41) is 0. The molecule has 0 aliphatic rings. The first-order valence-corrected chi connectivity index (χ1v) is 8.38. The first-order chi connectivity index (χ1) is 10.7. The van der Waals surface area contributed by atoms with E-state index in [2.05, 4.69) is 24.3 Å². The van der Waals surface area contributed by atoms with E-state index in [-0.39, 0.29) is 0 Å². The minimum absolute atomic E-state index is 0.621. The Kier molecular flexibility index (Phi) is 4.18. The van der Waals surface area contributed by atoms with Crippen molar-refractivity contribution in [3.05, 3.63) is 40.5 Å². The molecule has 0 fully saturated rings. The number of fused-ring (bicyclic) bond motifs is 1. The summed E-state index contributed by atoms with van der Waals surface area (Å²) in [5.74, 6) is 0.915. The van der Waals surface area contributed by atoms with E-state index in [9.17, 15) is 0 Å². The number of rotatable bonds is 5. The molecule has 0 spiro atoms. The van der Waals surface area contributed by atoms with Gasteiger partial charge in [0.15, 0.2) is 4.96 Å². The van der Waals surface area contributed by atoms with Crippen molar-refractivity contribution in [3.8, 4) is 17.0 Å². The lowest BCUT2D eigenvalue weighted by molar-refractivity contribution is 0.341. The van der Waals surface area contributed by atoms with Crippen molar-refractivity contribution in [1.29, 1.82) is 0 Å². The zero-order valence-electron chi connectivity index (χ0n) is 13.2. The number of aromatic nitrogens is 2. The molecule has 2 N–H and O–H groups in total. The molecule has 2 aromatic heterocycles. The van der Waals surface area contributed by atoms with Gasteiger partial charge in [0.1, 0.15) is 5.75 Å². The Hall–Kier alpha value is -1.85. The van der Waals surface area contributed by atoms with Crippen molar-refractivity contribution in [3.63, 3.8) is 0 Å². The number of benzene rings is 1. The first kappa shape index (κ1) is 15.1.